The molecule has 3 aromatic rings. The summed E-state index contributed by atoms with van der Waals surface area (Å²) in [6.45, 7) is 0. The Balaban J connectivity index is 1.87. The third-order valence-electron chi connectivity index (χ3n) is 3.84. The zero-order valence-electron chi connectivity index (χ0n) is 13.3. The van der Waals surface area contributed by atoms with Crippen LogP contribution in [0.4, 0.5) is 4.39 Å². The summed E-state index contributed by atoms with van der Waals surface area (Å²) in [7, 11) is 0. The van der Waals surface area contributed by atoms with Crippen molar-refractivity contribution in [3.05, 3.63) is 102 Å². The van der Waals surface area contributed by atoms with Crippen molar-refractivity contribution >= 4 is 5.91 Å². The smallest absolute Gasteiger partial charge is 0.254 e. The summed E-state index contributed by atoms with van der Waals surface area (Å²) in [4.78, 5) is 16.8. The molecular weight excluding hydrogens is 319 g/mol. The molecule has 2 atom stereocenters. The number of hydrogen-bond acceptors (Lipinski definition) is 3. The van der Waals surface area contributed by atoms with Crippen LogP contribution in [0.25, 0.3) is 0 Å². The van der Waals surface area contributed by atoms with E-state index in [1.54, 1.807) is 60.8 Å². The average molecular weight is 336 g/mol. The molecule has 0 saturated heterocycles. The second kappa shape index (κ2) is 7.68. The van der Waals surface area contributed by atoms with Gasteiger partial charge in [-0.05, 0) is 35.4 Å². The molecular formula is C20H17FN2O2. The van der Waals surface area contributed by atoms with Crippen LogP contribution in [-0.4, -0.2) is 16.0 Å². The van der Waals surface area contributed by atoms with Gasteiger partial charge in [0.15, 0.2) is 6.10 Å². The molecule has 1 aromatic heterocycles. The van der Waals surface area contributed by atoms with Crippen LogP contribution in [0.15, 0.2) is 79.0 Å². The minimum Gasteiger partial charge on any atom is -0.378 e. The van der Waals surface area contributed by atoms with Crippen LogP contribution in [0, 0.1) is 5.82 Å². The van der Waals surface area contributed by atoms with E-state index in [0.29, 0.717) is 16.8 Å². The molecule has 0 unspecified atom stereocenters. The van der Waals surface area contributed by atoms with E-state index >= 15 is 0 Å². The van der Waals surface area contributed by atoms with Crippen molar-refractivity contribution in [3.8, 4) is 0 Å². The molecule has 0 aliphatic carbocycles. The van der Waals surface area contributed by atoms with Gasteiger partial charge in [0.25, 0.3) is 5.91 Å². The lowest BCUT2D eigenvalue weighted by Gasteiger charge is -2.21. The Bertz CT molecular complexity index is 823. The summed E-state index contributed by atoms with van der Waals surface area (Å²) in [5, 5.41) is 13.1. The standard InChI is InChI=1S/C20H17FN2O2/c21-16-11-9-14(10-12-16)18(17-8-4-5-13-22-17)23-20(25)19(24)15-6-2-1-3-7-15/h1-13,18-19,24H,(H,23,25)/t18-,19-/m0/s1. The van der Waals surface area contributed by atoms with Crippen molar-refractivity contribution in [2.24, 2.45) is 0 Å². The fourth-order valence-electron chi connectivity index (χ4n) is 2.54. The molecule has 1 amide bonds. The number of nitrogens with zero attached hydrogens (tertiary/aromatic N) is 1. The van der Waals surface area contributed by atoms with Crippen LogP contribution in [0.3, 0.4) is 0 Å². The first-order valence-electron chi connectivity index (χ1n) is 7.85. The number of aliphatic hydroxyl groups excluding tert-OH is 1. The largest absolute Gasteiger partial charge is 0.378 e. The van der Waals surface area contributed by atoms with Gasteiger partial charge < -0.3 is 10.4 Å². The highest BCUT2D eigenvalue weighted by Crippen LogP contribution is 2.22. The molecule has 5 heteroatoms. The number of nitrogens with one attached hydrogen (secondary N) is 1. The zero-order valence-corrected chi connectivity index (χ0v) is 13.3. The van der Waals surface area contributed by atoms with Crippen molar-refractivity contribution < 1.29 is 14.3 Å². The SMILES string of the molecule is O=C(N[C@@H](c1ccc(F)cc1)c1ccccn1)[C@@H](O)c1ccccc1. The van der Waals surface area contributed by atoms with Crippen molar-refractivity contribution in [1.29, 1.82) is 0 Å². The number of carbonyl (C=O) groups is 1. The highest BCUT2D eigenvalue weighted by Gasteiger charge is 2.23. The summed E-state index contributed by atoms with van der Waals surface area (Å²) < 4.78 is 13.2. The molecule has 3 rings (SSSR count). The number of pyridine rings is 1. The van der Waals surface area contributed by atoms with Crippen molar-refractivity contribution in [1.82, 2.24) is 10.3 Å². The fraction of sp³-hybridized carbons (Fsp3) is 0.100. The van der Waals surface area contributed by atoms with Gasteiger partial charge in [-0.15, -0.1) is 0 Å². The minimum absolute atomic E-state index is 0.362. The number of rotatable bonds is 5. The van der Waals surface area contributed by atoms with E-state index < -0.39 is 18.1 Å². The molecule has 0 saturated carbocycles. The second-order valence-electron chi connectivity index (χ2n) is 5.56. The van der Waals surface area contributed by atoms with Gasteiger partial charge in [0, 0.05) is 6.20 Å². The lowest BCUT2D eigenvalue weighted by Crippen LogP contribution is -2.34. The Morgan fingerprint density at radius 3 is 2.24 bits per heavy atom. The zero-order chi connectivity index (χ0) is 17.6. The van der Waals surface area contributed by atoms with Gasteiger partial charge in [0.05, 0.1) is 11.7 Å². The van der Waals surface area contributed by atoms with E-state index in [1.165, 1.54) is 12.1 Å². The topological polar surface area (TPSA) is 62.2 Å². The van der Waals surface area contributed by atoms with Crippen LogP contribution in [0.1, 0.15) is 29.0 Å². The summed E-state index contributed by atoms with van der Waals surface area (Å²) in [6.07, 6.45) is 0.318. The fourth-order valence-corrected chi connectivity index (χ4v) is 2.54. The number of benzene rings is 2. The average Bonchev–Trinajstić information content (AvgIpc) is 2.67. The lowest BCUT2D eigenvalue weighted by molar-refractivity contribution is -0.130. The Morgan fingerprint density at radius 2 is 1.60 bits per heavy atom. The van der Waals surface area contributed by atoms with Crippen LogP contribution in [-0.2, 0) is 4.79 Å². The van der Waals surface area contributed by atoms with E-state index in [-0.39, 0.29) is 5.82 Å². The molecule has 0 fully saturated rings. The first-order chi connectivity index (χ1) is 12.1. The molecule has 126 valence electrons. The third kappa shape index (κ3) is 4.08. The first kappa shape index (κ1) is 16.8. The molecule has 0 radical (unpaired) electrons. The molecule has 2 aromatic carbocycles. The Labute approximate surface area is 145 Å². The Kier molecular flexibility index (Phi) is 5.16. The van der Waals surface area contributed by atoms with Gasteiger partial charge in [0.1, 0.15) is 5.82 Å². The highest BCUT2D eigenvalue weighted by molar-refractivity contribution is 5.82. The third-order valence-corrected chi connectivity index (χ3v) is 3.84. The Hall–Kier alpha value is -3.05. The molecule has 2 N–H and O–H groups in total. The predicted molar refractivity (Wildman–Crippen MR) is 92.0 cm³/mol. The molecule has 0 bridgehead atoms. The van der Waals surface area contributed by atoms with Crippen LogP contribution in [0.5, 0.6) is 0 Å². The van der Waals surface area contributed by atoms with Crippen LogP contribution in [0.2, 0.25) is 0 Å². The van der Waals surface area contributed by atoms with Gasteiger partial charge in [-0.2, -0.15) is 0 Å². The summed E-state index contributed by atoms with van der Waals surface area (Å²) in [5.74, 6) is -0.912. The van der Waals surface area contributed by atoms with E-state index in [0.717, 1.165) is 0 Å². The van der Waals surface area contributed by atoms with Crippen LogP contribution >= 0.6 is 0 Å². The number of aromatic nitrogens is 1. The summed E-state index contributed by atoms with van der Waals surface area (Å²) in [6, 6.07) is 19.2. The van der Waals surface area contributed by atoms with Crippen molar-refractivity contribution in [3.63, 3.8) is 0 Å². The van der Waals surface area contributed by atoms with Crippen molar-refractivity contribution in [2.45, 2.75) is 12.1 Å². The maximum Gasteiger partial charge on any atom is 0.254 e. The van der Waals surface area contributed by atoms with E-state index in [2.05, 4.69) is 10.3 Å². The summed E-state index contributed by atoms with van der Waals surface area (Å²) in [5.41, 5.74) is 1.77. The highest BCUT2D eigenvalue weighted by atomic mass is 19.1. The number of amides is 1. The van der Waals surface area contributed by atoms with E-state index in [4.69, 9.17) is 0 Å². The lowest BCUT2D eigenvalue weighted by atomic mass is 10.0. The second-order valence-corrected chi connectivity index (χ2v) is 5.56. The maximum absolute atomic E-state index is 13.2. The number of aliphatic hydroxyl groups is 1. The summed E-state index contributed by atoms with van der Waals surface area (Å²) >= 11 is 0. The molecule has 4 nitrogen and oxygen atoms in total. The number of hydrogen-bond donors (Lipinski definition) is 2. The minimum atomic E-state index is -1.30. The predicted octanol–water partition coefficient (Wildman–Crippen LogP) is 3.16. The number of halogens is 1. The van der Waals surface area contributed by atoms with Gasteiger partial charge in [-0.3, -0.25) is 9.78 Å². The van der Waals surface area contributed by atoms with Crippen molar-refractivity contribution in [2.75, 3.05) is 0 Å². The first-order valence-corrected chi connectivity index (χ1v) is 7.85. The maximum atomic E-state index is 13.2. The van der Waals surface area contributed by atoms with E-state index in [9.17, 15) is 14.3 Å². The van der Waals surface area contributed by atoms with Gasteiger partial charge in [-0.25, -0.2) is 4.39 Å². The van der Waals surface area contributed by atoms with Gasteiger partial charge in [-0.1, -0.05) is 48.5 Å². The monoisotopic (exact) mass is 336 g/mol. The molecule has 0 spiro atoms. The van der Waals surface area contributed by atoms with Gasteiger partial charge in [0.2, 0.25) is 0 Å². The van der Waals surface area contributed by atoms with Crippen LogP contribution < -0.4 is 5.32 Å². The molecule has 1 heterocycles. The van der Waals surface area contributed by atoms with E-state index in [1.807, 2.05) is 6.07 Å². The molecule has 0 aliphatic heterocycles. The quantitative estimate of drug-likeness (QED) is 0.752. The molecule has 25 heavy (non-hydrogen) atoms. The normalized spacial score (nSPS) is 13.0. The van der Waals surface area contributed by atoms with Gasteiger partial charge >= 0.3 is 0 Å². The molecule has 0 aliphatic rings. The number of carbonyl (C=O) groups excluding carboxylic acids is 1. The Morgan fingerprint density at radius 1 is 0.920 bits per heavy atom.